The molecule has 1 N–H and O–H groups in total. The zero-order valence-electron chi connectivity index (χ0n) is 15.7. The van der Waals surface area contributed by atoms with Crippen molar-refractivity contribution in [2.45, 2.75) is 75.9 Å². The van der Waals surface area contributed by atoms with E-state index in [1.165, 1.54) is 0 Å². The average molecular weight is 469 g/mol. The van der Waals surface area contributed by atoms with Crippen LogP contribution in [0.1, 0.15) is 60.8 Å². The predicted octanol–water partition coefficient (Wildman–Crippen LogP) is 4.73. The number of alkyl halides is 1. The van der Waals surface area contributed by atoms with Gasteiger partial charge in [0.25, 0.3) is 0 Å². The molecule has 8 heteroatoms. The highest BCUT2D eigenvalue weighted by molar-refractivity contribution is 14.1. The molecule has 144 valence electrons. The molecule has 0 unspecified atom stereocenters. The number of nitrogens with zero attached hydrogens (tertiary/aromatic N) is 1. The van der Waals surface area contributed by atoms with Crippen molar-refractivity contribution in [3.05, 3.63) is 12.3 Å². The molecule has 0 heterocycles. The molecule has 0 rings (SSSR count). The molecule has 0 fully saturated rings. The molecule has 0 aliphatic carbocycles. The molecule has 0 saturated heterocycles. The number of carboxylic acids is 1. The largest absolute Gasteiger partial charge is 0.481 e. The number of carbonyl (C=O) groups is 3. The molecule has 0 aliphatic heterocycles. The van der Waals surface area contributed by atoms with Gasteiger partial charge in [0.2, 0.25) is 0 Å². The summed E-state index contributed by atoms with van der Waals surface area (Å²) in [6.07, 6.45) is -1.08. The molecule has 0 aliphatic rings. The highest BCUT2D eigenvalue weighted by atomic mass is 127. The summed E-state index contributed by atoms with van der Waals surface area (Å²) in [6, 6.07) is 0. The molecular weight excluding hydrogens is 441 g/mol. The molecule has 25 heavy (non-hydrogen) atoms. The van der Waals surface area contributed by atoms with Gasteiger partial charge < -0.3 is 14.6 Å². The molecule has 0 aromatic heterocycles. The summed E-state index contributed by atoms with van der Waals surface area (Å²) in [5, 5.41) is 8.75. The van der Waals surface area contributed by atoms with Crippen LogP contribution in [0.2, 0.25) is 0 Å². The summed E-state index contributed by atoms with van der Waals surface area (Å²) in [5.41, 5.74) is -1.37. The molecule has 0 aromatic rings. The number of carbonyl (C=O) groups excluding carboxylic acids is 2. The molecule has 2 amide bonds. The van der Waals surface area contributed by atoms with Gasteiger partial charge in [-0.2, -0.15) is 4.90 Å². The van der Waals surface area contributed by atoms with Gasteiger partial charge in [-0.05, 0) is 54.4 Å². The first-order valence-electron chi connectivity index (χ1n) is 7.92. The number of aliphatic carboxylic acids is 1. The Hall–Kier alpha value is -1.32. The summed E-state index contributed by atoms with van der Waals surface area (Å²) >= 11 is 2.07. The van der Waals surface area contributed by atoms with Crippen LogP contribution in [0.5, 0.6) is 0 Å². The smallest absolute Gasteiger partial charge is 0.424 e. The Bertz CT molecular complexity index is 490. The molecular formula is C17H28INO6. The molecule has 0 spiro atoms. The van der Waals surface area contributed by atoms with E-state index in [0.717, 1.165) is 4.90 Å². The Labute approximate surface area is 162 Å². The number of carboxylic acid groups (broad SMARTS) is 1. The van der Waals surface area contributed by atoms with Crippen LogP contribution in [0.4, 0.5) is 9.59 Å². The van der Waals surface area contributed by atoms with Crippen molar-refractivity contribution >= 4 is 40.7 Å². The van der Waals surface area contributed by atoms with Gasteiger partial charge in [0.15, 0.2) is 0 Å². The molecule has 1 atom stereocenters. The van der Waals surface area contributed by atoms with Crippen molar-refractivity contribution in [2.24, 2.45) is 0 Å². The van der Waals surface area contributed by atoms with Crippen molar-refractivity contribution in [1.82, 2.24) is 4.90 Å². The lowest BCUT2D eigenvalue weighted by atomic mass is 10.1. The topological polar surface area (TPSA) is 93.1 Å². The zero-order valence-corrected chi connectivity index (χ0v) is 17.9. The Morgan fingerprint density at radius 3 is 1.76 bits per heavy atom. The number of halogens is 1. The van der Waals surface area contributed by atoms with Crippen molar-refractivity contribution in [2.75, 3.05) is 0 Å². The minimum Gasteiger partial charge on any atom is -0.481 e. The number of rotatable bonds is 6. The van der Waals surface area contributed by atoms with Crippen LogP contribution in [0.25, 0.3) is 0 Å². The standard InChI is InChI=1S/C17H28INO6/c1-11(10-12(18)8-9-13(20)21)19(14(22)24-16(2,3)4)15(23)25-17(5,6)7/h12H,1,8-10H2,2-7H3,(H,20,21)/t12-/m0/s1. The number of amides is 2. The maximum atomic E-state index is 12.4. The predicted molar refractivity (Wildman–Crippen MR) is 103 cm³/mol. The number of allylic oxidation sites excluding steroid dienone is 1. The van der Waals surface area contributed by atoms with Crippen molar-refractivity contribution < 1.29 is 29.0 Å². The van der Waals surface area contributed by atoms with E-state index < -0.39 is 29.4 Å². The van der Waals surface area contributed by atoms with Gasteiger partial charge in [0, 0.05) is 16.0 Å². The van der Waals surface area contributed by atoms with Crippen LogP contribution < -0.4 is 0 Å². The van der Waals surface area contributed by atoms with Crippen molar-refractivity contribution in [3.63, 3.8) is 0 Å². The summed E-state index contributed by atoms with van der Waals surface area (Å²) in [6.45, 7) is 13.9. The fourth-order valence-corrected chi connectivity index (χ4v) is 2.50. The maximum Gasteiger partial charge on any atom is 0.424 e. The molecule has 0 radical (unpaired) electrons. The third-order valence-corrected chi connectivity index (χ3v) is 3.66. The molecule has 0 aromatic carbocycles. The first-order chi connectivity index (χ1) is 11.1. The highest BCUT2D eigenvalue weighted by Crippen LogP contribution is 2.24. The molecule has 7 nitrogen and oxygen atoms in total. The van der Waals surface area contributed by atoms with E-state index in [0.29, 0.717) is 6.42 Å². The second-order valence-corrected chi connectivity index (χ2v) is 9.36. The monoisotopic (exact) mass is 469 g/mol. The van der Waals surface area contributed by atoms with Crippen LogP contribution in [-0.4, -0.2) is 43.3 Å². The van der Waals surface area contributed by atoms with Crippen LogP contribution in [0, 0.1) is 0 Å². The number of hydrogen-bond donors (Lipinski definition) is 1. The van der Waals surface area contributed by atoms with Gasteiger partial charge in [0.1, 0.15) is 11.2 Å². The van der Waals surface area contributed by atoms with Gasteiger partial charge in [-0.1, -0.05) is 29.2 Å². The van der Waals surface area contributed by atoms with Gasteiger partial charge in [-0.3, -0.25) is 4.79 Å². The zero-order chi connectivity index (χ0) is 20.0. The summed E-state index contributed by atoms with van der Waals surface area (Å²) in [7, 11) is 0. The fraction of sp³-hybridized carbons (Fsp3) is 0.706. The Kier molecular flexibility index (Phi) is 8.90. The Morgan fingerprint density at radius 1 is 1.04 bits per heavy atom. The third kappa shape index (κ3) is 11.0. The van der Waals surface area contributed by atoms with E-state index >= 15 is 0 Å². The van der Waals surface area contributed by atoms with Crippen LogP contribution in [0.3, 0.4) is 0 Å². The summed E-state index contributed by atoms with van der Waals surface area (Å²) in [4.78, 5) is 36.3. The van der Waals surface area contributed by atoms with E-state index in [4.69, 9.17) is 14.6 Å². The average Bonchev–Trinajstić information content (AvgIpc) is 2.31. The fourth-order valence-electron chi connectivity index (χ4n) is 1.68. The first kappa shape index (κ1) is 23.7. The van der Waals surface area contributed by atoms with Crippen molar-refractivity contribution in [1.29, 1.82) is 0 Å². The van der Waals surface area contributed by atoms with E-state index in [9.17, 15) is 14.4 Å². The summed E-state index contributed by atoms with van der Waals surface area (Å²) in [5.74, 6) is -0.900. The van der Waals surface area contributed by atoms with E-state index in [1.54, 1.807) is 41.5 Å². The lowest BCUT2D eigenvalue weighted by Crippen LogP contribution is -2.43. The second-order valence-electron chi connectivity index (χ2n) is 7.60. The minimum absolute atomic E-state index is 0.000236. The second kappa shape index (κ2) is 9.40. The number of ether oxygens (including phenoxy) is 2. The van der Waals surface area contributed by atoms with Crippen molar-refractivity contribution in [3.8, 4) is 0 Å². The van der Waals surface area contributed by atoms with Crippen LogP contribution in [-0.2, 0) is 14.3 Å². The Morgan fingerprint density at radius 2 is 1.44 bits per heavy atom. The normalized spacial score (nSPS) is 12.9. The Balaban J connectivity index is 5.22. The van der Waals surface area contributed by atoms with E-state index in [2.05, 4.69) is 29.2 Å². The van der Waals surface area contributed by atoms with Gasteiger partial charge in [-0.15, -0.1) is 0 Å². The molecule has 0 saturated carbocycles. The SMILES string of the molecule is C=C(C[C@@H](I)CCC(=O)O)N(C(=O)OC(C)(C)C)C(=O)OC(C)(C)C. The van der Waals surface area contributed by atoms with Crippen LogP contribution >= 0.6 is 22.6 Å². The lowest BCUT2D eigenvalue weighted by molar-refractivity contribution is -0.137. The highest BCUT2D eigenvalue weighted by Gasteiger charge is 2.33. The van der Waals surface area contributed by atoms with Gasteiger partial charge in [0.05, 0.1) is 0 Å². The summed E-state index contributed by atoms with van der Waals surface area (Å²) < 4.78 is 10.4. The van der Waals surface area contributed by atoms with Crippen LogP contribution in [0.15, 0.2) is 12.3 Å². The lowest BCUT2D eigenvalue weighted by Gasteiger charge is -2.30. The van der Waals surface area contributed by atoms with E-state index in [1.807, 2.05) is 0 Å². The minimum atomic E-state index is -0.900. The molecule has 0 bridgehead atoms. The van der Waals surface area contributed by atoms with E-state index in [-0.39, 0.29) is 22.5 Å². The number of hydrogen-bond acceptors (Lipinski definition) is 5. The quantitative estimate of drug-likeness (QED) is 0.447. The van der Waals surface area contributed by atoms with Gasteiger partial charge >= 0.3 is 18.2 Å². The number of imide groups is 1. The van der Waals surface area contributed by atoms with Gasteiger partial charge in [-0.25, -0.2) is 9.59 Å². The first-order valence-corrected chi connectivity index (χ1v) is 9.16. The third-order valence-electron chi connectivity index (χ3n) is 2.60. The maximum absolute atomic E-state index is 12.4.